The molecule has 0 amide bonds. The highest BCUT2D eigenvalue weighted by molar-refractivity contribution is 5.86. The third-order valence-corrected chi connectivity index (χ3v) is 2.63. The second-order valence-corrected chi connectivity index (χ2v) is 3.26. The molecule has 0 N–H and O–H groups in total. The van der Waals surface area contributed by atoms with Gasteiger partial charge in [0.1, 0.15) is 0 Å². The molecule has 0 aromatic heterocycles. The van der Waals surface area contributed by atoms with Crippen LogP contribution >= 0.6 is 0 Å². The molecule has 2 fully saturated rings. The van der Waals surface area contributed by atoms with E-state index in [0.29, 0.717) is 11.8 Å². The average molecular weight is 139 g/mol. The molecule has 0 bridgehead atoms. The Hall–Kier alpha value is -0.370. The van der Waals surface area contributed by atoms with Gasteiger partial charge in [-0.05, 0) is 19.4 Å². The summed E-state index contributed by atoms with van der Waals surface area (Å²) >= 11 is 0. The molecule has 1 unspecified atom stereocenters. The Morgan fingerprint density at radius 3 is 3.00 bits per heavy atom. The van der Waals surface area contributed by atoms with Gasteiger partial charge in [-0.15, -0.1) is 0 Å². The summed E-state index contributed by atoms with van der Waals surface area (Å²) in [4.78, 5) is 13.5. The van der Waals surface area contributed by atoms with E-state index in [0.717, 1.165) is 25.9 Å². The Morgan fingerprint density at radius 1 is 1.30 bits per heavy atom. The molecule has 2 rings (SSSR count). The smallest absolute Gasteiger partial charge is 0.151 e. The van der Waals surface area contributed by atoms with Crippen molar-refractivity contribution < 1.29 is 4.79 Å². The van der Waals surface area contributed by atoms with Crippen LogP contribution in [0.4, 0.5) is 0 Å². The van der Waals surface area contributed by atoms with Crippen molar-refractivity contribution in [3.8, 4) is 0 Å². The van der Waals surface area contributed by atoms with Crippen molar-refractivity contribution in [2.75, 3.05) is 13.1 Å². The molecular weight excluding hydrogens is 126 g/mol. The van der Waals surface area contributed by atoms with Crippen LogP contribution in [0, 0.1) is 0 Å². The number of hydrogen-bond acceptors (Lipinski definition) is 2. The lowest BCUT2D eigenvalue weighted by molar-refractivity contribution is -0.120. The van der Waals surface area contributed by atoms with Crippen molar-refractivity contribution in [3.05, 3.63) is 0 Å². The van der Waals surface area contributed by atoms with Crippen molar-refractivity contribution in [1.82, 2.24) is 4.90 Å². The molecule has 0 radical (unpaired) electrons. The van der Waals surface area contributed by atoms with E-state index < -0.39 is 0 Å². The van der Waals surface area contributed by atoms with Gasteiger partial charge in [0.2, 0.25) is 0 Å². The third kappa shape index (κ3) is 0.870. The average Bonchev–Trinajstić information content (AvgIpc) is 2.34. The van der Waals surface area contributed by atoms with Gasteiger partial charge in [-0.3, -0.25) is 9.69 Å². The first-order valence-corrected chi connectivity index (χ1v) is 4.15. The van der Waals surface area contributed by atoms with E-state index in [4.69, 9.17) is 0 Å². The highest BCUT2D eigenvalue weighted by Crippen LogP contribution is 2.23. The molecule has 56 valence electrons. The van der Waals surface area contributed by atoms with E-state index in [1.807, 2.05) is 0 Å². The molecule has 0 aliphatic carbocycles. The summed E-state index contributed by atoms with van der Waals surface area (Å²) in [5, 5.41) is 0. The first-order chi connectivity index (χ1) is 4.88. The van der Waals surface area contributed by atoms with Gasteiger partial charge in [0.25, 0.3) is 0 Å². The van der Waals surface area contributed by atoms with Gasteiger partial charge in [-0.25, -0.2) is 0 Å². The lowest BCUT2D eigenvalue weighted by Gasteiger charge is -2.27. The zero-order valence-corrected chi connectivity index (χ0v) is 6.18. The van der Waals surface area contributed by atoms with Crippen LogP contribution in [-0.2, 0) is 4.79 Å². The van der Waals surface area contributed by atoms with Crippen molar-refractivity contribution in [2.45, 2.75) is 31.7 Å². The molecule has 2 nitrogen and oxygen atoms in total. The van der Waals surface area contributed by atoms with Crippen LogP contribution in [0.1, 0.15) is 25.7 Å². The maximum atomic E-state index is 11.2. The number of carbonyl (C=O) groups is 1. The fourth-order valence-electron chi connectivity index (χ4n) is 2.04. The molecule has 0 saturated carbocycles. The van der Waals surface area contributed by atoms with E-state index in [2.05, 4.69) is 4.90 Å². The number of piperidine rings is 1. The van der Waals surface area contributed by atoms with Gasteiger partial charge in [0.05, 0.1) is 6.04 Å². The quantitative estimate of drug-likeness (QED) is 0.495. The van der Waals surface area contributed by atoms with Gasteiger partial charge in [0, 0.05) is 13.0 Å². The molecule has 0 aromatic rings. The van der Waals surface area contributed by atoms with Crippen LogP contribution in [-0.4, -0.2) is 29.8 Å². The minimum Gasteiger partial charge on any atom is -0.298 e. The summed E-state index contributed by atoms with van der Waals surface area (Å²) in [6.45, 7) is 2.19. The minimum absolute atomic E-state index is 0.328. The van der Waals surface area contributed by atoms with Crippen molar-refractivity contribution >= 4 is 5.78 Å². The molecule has 1 atom stereocenters. The Morgan fingerprint density at radius 2 is 2.20 bits per heavy atom. The van der Waals surface area contributed by atoms with Gasteiger partial charge in [0.15, 0.2) is 5.78 Å². The van der Waals surface area contributed by atoms with E-state index >= 15 is 0 Å². The zero-order valence-electron chi connectivity index (χ0n) is 6.18. The van der Waals surface area contributed by atoms with E-state index in [1.165, 1.54) is 12.8 Å². The Labute approximate surface area is 61.2 Å². The molecule has 2 heterocycles. The number of carbonyl (C=O) groups excluding carboxylic acids is 1. The summed E-state index contributed by atoms with van der Waals surface area (Å²) in [5.74, 6) is 0.486. The van der Waals surface area contributed by atoms with Crippen molar-refractivity contribution in [3.63, 3.8) is 0 Å². The summed E-state index contributed by atoms with van der Waals surface area (Å²) in [7, 11) is 0. The maximum Gasteiger partial charge on any atom is 0.151 e. The second-order valence-electron chi connectivity index (χ2n) is 3.26. The molecule has 2 heteroatoms. The molecule has 2 saturated heterocycles. The van der Waals surface area contributed by atoms with Gasteiger partial charge >= 0.3 is 0 Å². The Balaban J connectivity index is 2.08. The van der Waals surface area contributed by atoms with Crippen molar-refractivity contribution in [1.29, 1.82) is 0 Å². The fourth-order valence-corrected chi connectivity index (χ4v) is 2.04. The predicted octanol–water partition coefficient (Wildman–Crippen LogP) is 0.814. The van der Waals surface area contributed by atoms with Gasteiger partial charge < -0.3 is 0 Å². The highest BCUT2D eigenvalue weighted by atomic mass is 16.1. The Bertz CT molecular complexity index is 155. The summed E-state index contributed by atoms with van der Waals surface area (Å²) in [5.41, 5.74) is 0. The second kappa shape index (κ2) is 2.35. The Kier molecular flexibility index (Phi) is 1.49. The van der Waals surface area contributed by atoms with Crippen LogP contribution in [0.3, 0.4) is 0 Å². The number of nitrogens with zero attached hydrogens (tertiary/aromatic N) is 1. The topological polar surface area (TPSA) is 20.3 Å². The highest BCUT2D eigenvalue weighted by Gasteiger charge is 2.33. The monoisotopic (exact) mass is 139 g/mol. The molecule has 0 aromatic carbocycles. The third-order valence-electron chi connectivity index (χ3n) is 2.63. The molecule has 2 aliphatic rings. The molecule has 2 aliphatic heterocycles. The number of rotatable bonds is 0. The van der Waals surface area contributed by atoms with Crippen LogP contribution in [0.15, 0.2) is 0 Å². The zero-order chi connectivity index (χ0) is 6.97. The number of Topliss-reactive ketones (excluding diaryl/α,β-unsaturated/α-hetero) is 1. The lowest BCUT2D eigenvalue weighted by Crippen LogP contribution is -2.37. The SMILES string of the molecule is O=C1CCN2CCCCC12. The number of hydrogen-bond donors (Lipinski definition) is 0. The molecular formula is C8H13NO. The standard InChI is InChI=1S/C8H13NO/c10-8-4-6-9-5-2-1-3-7(8)9/h7H,1-6H2. The largest absolute Gasteiger partial charge is 0.298 e. The molecule has 0 spiro atoms. The van der Waals surface area contributed by atoms with E-state index in [9.17, 15) is 4.79 Å². The normalized spacial score (nSPS) is 34.4. The first-order valence-electron chi connectivity index (χ1n) is 4.15. The summed E-state index contributed by atoms with van der Waals surface area (Å²) in [6, 6.07) is 0.328. The lowest BCUT2D eigenvalue weighted by atomic mass is 10.0. The maximum absolute atomic E-state index is 11.2. The minimum atomic E-state index is 0.328. The van der Waals surface area contributed by atoms with Crippen molar-refractivity contribution in [2.24, 2.45) is 0 Å². The summed E-state index contributed by atoms with van der Waals surface area (Å²) < 4.78 is 0. The number of ketones is 1. The fraction of sp³-hybridized carbons (Fsp3) is 0.875. The van der Waals surface area contributed by atoms with E-state index in [-0.39, 0.29) is 0 Å². The van der Waals surface area contributed by atoms with Crippen LogP contribution < -0.4 is 0 Å². The van der Waals surface area contributed by atoms with Crippen LogP contribution in [0.5, 0.6) is 0 Å². The van der Waals surface area contributed by atoms with Gasteiger partial charge in [-0.1, -0.05) is 6.42 Å². The van der Waals surface area contributed by atoms with Crippen LogP contribution in [0.25, 0.3) is 0 Å². The van der Waals surface area contributed by atoms with E-state index in [1.54, 1.807) is 0 Å². The first kappa shape index (κ1) is 6.35. The van der Waals surface area contributed by atoms with Crippen LogP contribution in [0.2, 0.25) is 0 Å². The molecule has 10 heavy (non-hydrogen) atoms. The predicted molar refractivity (Wildman–Crippen MR) is 38.8 cm³/mol. The number of fused-ring (bicyclic) bond motifs is 1. The summed E-state index contributed by atoms with van der Waals surface area (Å²) in [6.07, 6.45) is 4.49. The van der Waals surface area contributed by atoms with Gasteiger partial charge in [-0.2, -0.15) is 0 Å².